The minimum absolute atomic E-state index is 0. The van der Waals surface area contributed by atoms with Crippen molar-refractivity contribution in [2.24, 2.45) is 0 Å². The van der Waals surface area contributed by atoms with Gasteiger partial charge >= 0.3 is 0 Å². The Hall–Kier alpha value is -2.86. The molecule has 0 saturated carbocycles. The lowest BCUT2D eigenvalue weighted by atomic mass is 10.2. The van der Waals surface area contributed by atoms with Gasteiger partial charge in [-0.3, -0.25) is 9.59 Å². The van der Waals surface area contributed by atoms with Gasteiger partial charge in [0, 0.05) is 18.3 Å². The molecule has 204 valence electrons. The Bertz CT molecular complexity index is 1490. The zero-order valence-corrected chi connectivity index (χ0v) is 25.9. The highest BCUT2D eigenvalue weighted by Crippen LogP contribution is 2.12. The van der Waals surface area contributed by atoms with Crippen molar-refractivity contribution in [3.8, 4) is 0 Å². The van der Waals surface area contributed by atoms with Crippen LogP contribution in [0, 0.1) is 7.14 Å². The molecule has 0 radical (unpaired) electrons. The topological polar surface area (TPSA) is 158 Å². The molecule has 0 fully saturated rings. The lowest BCUT2D eigenvalue weighted by Crippen LogP contribution is -2.30. The first-order valence-electron chi connectivity index (χ1n) is 10.7. The molecule has 4 aromatic carbocycles. The fourth-order valence-electron chi connectivity index (χ4n) is 2.88. The van der Waals surface area contributed by atoms with E-state index in [1.54, 1.807) is 84.9 Å². The summed E-state index contributed by atoms with van der Waals surface area (Å²) in [5.41, 5.74) is 0.611. The molecule has 4 rings (SSSR count). The van der Waals surface area contributed by atoms with E-state index in [9.17, 15) is 26.4 Å². The van der Waals surface area contributed by atoms with Crippen molar-refractivity contribution < 1.29 is 31.9 Å². The summed E-state index contributed by atoms with van der Waals surface area (Å²) in [6.45, 7) is 0. The molecule has 0 aliphatic heterocycles. The highest BCUT2D eigenvalue weighted by atomic mass is 127. The van der Waals surface area contributed by atoms with E-state index in [2.05, 4.69) is 45.2 Å². The molecule has 13 heteroatoms. The highest BCUT2D eigenvalue weighted by molar-refractivity contribution is 14.1. The molecule has 0 bridgehead atoms. The maximum atomic E-state index is 11.9. The van der Waals surface area contributed by atoms with Gasteiger partial charge in [0.1, 0.15) is 0 Å². The van der Waals surface area contributed by atoms with Crippen molar-refractivity contribution in [2.45, 2.75) is 9.79 Å². The molecule has 9 nitrogen and oxygen atoms in total. The van der Waals surface area contributed by atoms with Crippen molar-refractivity contribution in [1.82, 2.24) is 9.44 Å². The number of amides is 2. The summed E-state index contributed by atoms with van der Waals surface area (Å²) in [6, 6.07) is 28.8. The van der Waals surface area contributed by atoms with Crippen molar-refractivity contribution in [3.63, 3.8) is 0 Å². The molecule has 0 saturated heterocycles. The smallest absolute Gasteiger partial charge is 0.264 e. The van der Waals surface area contributed by atoms with Gasteiger partial charge in [-0.1, -0.05) is 36.4 Å². The van der Waals surface area contributed by atoms with Crippen molar-refractivity contribution >= 4 is 77.0 Å². The second kappa shape index (κ2) is 14.5. The number of halogens is 2. The average molecular weight is 792 g/mol. The molecule has 0 aliphatic rings. The lowest BCUT2D eigenvalue weighted by Gasteiger charge is -2.06. The maximum absolute atomic E-state index is 11.9. The Morgan fingerprint density at radius 2 is 0.769 bits per heavy atom. The second-order valence-corrected chi connectivity index (χ2v) is 13.4. The third-order valence-corrected chi connectivity index (χ3v) is 8.91. The Kier molecular flexibility index (Phi) is 12.0. The van der Waals surface area contributed by atoms with Gasteiger partial charge < -0.3 is 5.48 Å². The average Bonchev–Trinajstić information content (AvgIpc) is 2.90. The fraction of sp³-hybridized carbons (Fsp3) is 0. The summed E-state index contributed by atoms with van der Waals surface area (Å²) in [5, 5.41) is 0. The predicted octanol–water partition coefficient (Wildman–Crippen LogP) is 4.00. The van der Waals surface area contributed by atoms with Crippen molar-refractivity contribution in [1.29, 1.82) is 0 Å². The monoisotopic (exact) mass is 792 g/mol. The van der Waals surface area contributed by atoms with Gasteiger partial charge in [0.15, 0.2) is 0 Å². The van der Waals surface area contributed by atoms with Crippen molar-refractivity contribution in [2.75, 3.05) is 0 Å². The first kappa shape index (κ1) is 32.4. The predicted molar refractivity (Wildman–Crippen MR) is 164 cm³/mol. The fourth-order valence-corrected chi connectivity index (χ4v) is 5.59. The van der Waals surface area contributed by atoms with Gasteiger partial charge in [-0.25, -0.2) is 26.3 Å². The van der Waals surface area contributed by atoms with Gasteiger partial charge in [0.05, 0.1) is 9.79 Å². The Balaban J connectivity index is 0.000000267. The first-order valence-corrected chi connectivity index (χ1v) is 15.9. The summed E-state index contributed by atoms with van der Waals surface area (Å²) in [5.74, 6) is -1.28. The Morgan fingerprint density at radius 1 is 0.487 bits per heavy atom. The van der Waals surface area contributed by atoms with E-state index in [1.807, 2.05) is 9.44 Å². The van der Waals surface area contributed by atoms with Gasteiger partial charge in [-0.05, 0) is 118 Å². The van der Waals surface area contributed by atoms with Crippen LogP contribution in [0.5, 0.6) is 0 Å². The molecule has 0 aromatic heterocycles. The summed E-state index contributed by atoms with van der Waals surface area (Å²) in [4.78, 5) is 23.8. The van der Waals surface area contributed by atoms with Crippen LogP contribution in [-0.2, 0) is 20.0 Å². The van der Waals surface area contributed by atoms with Gasteiger partial charge in [0.25, 0.3) is 31.9 Å². The standard InChI is InChI=1S/2C13H10INO3S.H2O/c2*14-11-8-6-10(7-9-11)13(16)15-19(17,18)12-4-2-1-3-5-12;/h2*1-9H,(H,15,16);1H2. The number of nitrogens with one attached hydrogen (secondary N) is 2. The molecule has 0 unspecified atom stereocenters. The number of benzene rings is 4. The van der Waals surface area contributed by atoms with Crippen LogP contribution in [0.25, 0.3) is 0 Å². The molecule has 2 amide bonds. The molecular weight excluding hydrogens is 770 g/mol. The Labute approximate surface area is 253 Å². The van der Waals surface area contributed by atoms with Crippen LogP contribution in [0.15, 0.2) is 119 Å². The minimum Gasteiger partial charge on any atom is -0.412 e. The van der Waals surface area contributed by atoms with Gasteiger partial charge in [0.2, 0.25) is 0 Å². The lowest BCUT2D eigenvalue weighted by molar-refractivity contribution is 0.0972. The van der Waals surface area contributed by atoms with Crippen molar-refractivity contribution in [3.05, 3.63) is 127 Å². The number of hydrogen-bond acceptors (Lipinski definition) is 6. The van der Waals surface area contributed by atoms with Gasteiger partial charge in [-0.2, -0.15) is 0 Å². The quantitative estimate of drug-likeness (QED) is 0.281. The summed E-state index contributed by atoms with van der Waals surface area (Å²) >= 11 is 4.22. The molecule has 0 aliphatic carbocycles. The molecule has 4 aromatic rings. The van der Waals surface area contributed by atoms with Crippen LogP contribution in [0.2, 0.25) is 0 Å². The molecule has 4 N–H and O–H groups in total. The zero-order valence-electron chi connectivity index (χ0n) is 19.9. The maximum Gasteiger partial charge on any atom is 0.264 e. The van der Waals surface area contributed by atoms with Crippen LogP contribution >= 0.6 is 45.2 Å². The van der Waals surface area contributed by atoms with E-state index in [0.29, 0.717) is 11.1 Å². The summed E-state index contributed by atoms with van der Waals surface area (Å²) in [6.07, 6.45) is 0. The van der Waals surface area contributed by atoms with E-state index in [1.165, 1.54) is 24.3 Å². The van der Waals surface area contributed by atoms with E-state index in [-0.39, 0.29) is 15.3 Å². The van der Waals surface area contributed by atoms with Crippen LogP contribution in [0.1, 0.15) is 20.7 Å². The van der Waals surface area contributed by atoms with E-state index >= 15 is 0 Å². The SMILES string of the molecule is O.O=C(NS(=O)(=O)c1ccccc1)c1ccc(I)cc1.O=C(NS(=O)(=O)c1ccccc1)c1ccc(I)cc1. The zero-order chi connectivity index (χ0) is 27.8. The number of hydrogen-bond donors (Lipinski definition) is 2. The molecular formula is C26H22I2N2O7S2. The van der Waals surface area contributed by atoms with Crippen LogP contribution in [0.3, 0.4) is 0 Å². The van der Waals surface area contributed by atoms with E-state index in [0.717, 1.165) is 7.14 Å². The number of carbonyl (C=O) groups is 2. The third-order valence-electron chi connectivity index (χ3n) is 4.77. The normalized spacial score (nSPS) is 10.7. The van der Waals surface area contributed by atoms with E-state index < -0.39 is 31.9 Å². The molecule has 39 heavy (non-hydrogen) atoms. The van der Waals surface area contributed by atoms with Gasteiger partial charge in [-0.15, -0.1) is 0 Å². The second-order valence-electron chi connectivity index (χ2n) is 7.51. The summed E-state index contributed by atoms with van der Waals surface area (Å²) < 4.78 is 53.8. The molecule has 0 spiro atoms. The molecule has 0 atom stereocenters. The Morgan fingerprint density at radius 3 is 1.05 bits per heavy atom. The first-order chi connectivity index (χ1) is 18.0. The third kappa shape index (κ3) is 9.68. The largest absolute Gasteiger partial charge is 0.412 e. The number of sulfonamides is 2. The summed E-state index contributed by atoms with van der Waals surface area (Å²) in [7, 11) is -7.64. The number of rotatable bonds is 6. The highest BCUT2D eigenvalue weighted by Gasteiger charge is 2.19. The number of carbonyl (C=O) groups excluding carboxylic acids is 2. The van der Waals surface area contributed by atoms with Crippen LogP contribution in [-0.4, -0.2) is 34.1 Å². The molecule has 0 heterocycles. The van der Waals surface area contributed by atoms with Crippen LogP contribution in [0.4, 0.5) is 0 Å². The van der Waals surface area contributed by atoms with E-state index in [4.69, 9.17) is 0 Å². The van der Waals surface area contributed by atoms with Crippen LogP contribution < -0.4 is 9.44 Å². The minimum atomic E-state index is -3.82.